The van der Waals surface area contributed by atoms with Crippen LogP contribution in [0.1, 0.15) is 5.82 Å². The minimum absolute atomic E-state index is 0.0154. The van der Waals surface area contributed by atoms with Crippen molar-refractivity contribution in [3.8, 4) is 0 Å². The molecule has 0 bridgehead atoms. The number of nitrogens with zero attached hydrogens (tertiary/aromatic N) is 6. The molecule has 3 heterocycles. The Labute approximate surface area is 166 Å². The van der Waals surface area contributed by atoms with E-state index in [1.54, 1.807) is 17.6 Å². The molecule has 0 amide bonds. The van der Waals surface area contributed by atoms with Crippen LogP contribution in [-0.4, -0.2) is 56.7 Å². The molecule has 0 saturated carbocycles. The Morgan fingerprint density at radius 1 is 1.17 bits per heavy atom. The van der Waals surface area contributed by atoms with E-state index in [1.165, 1.54) is 12.3 Å². The van der Waals surface area contributed by atoms with Crippen molar-refractivity contribution in [2.45, 2.75) is 13.5 Å². The smallest absolute Gasteiger partial charge is 0.323 e. The van der Waals surface area contributed by atoms with Crippen molar-refractivity contribution in [1.29, 1.82) is 0 Å². The fraction of sp³-hybridized carbons (Fsp3) is 0.316. The van der Waals surface area contributed by atoms with E-state index in [1.807, 2.05) is 18.2 Å². The fourth-order valence-electron chi connectivity index (χ4n) is 3.64. The monoisotopic (exact) mass is 396 g/mol. The van der Waals surface area contributed by atoms with Gasteiger partial charge in [0.2, 0.25) is 0 Å². The lowest BCUT2D eigenvalue weighted by atomic mass is 10.2. The number of nitro groups is 1. The van der Waals surface area contributed by atoms with Gasteiger partial charge in [0.05, 0.1) is 16.0 Å². The molecule has 3 aromatic rings. The van der Waals surface area contributed by atoms with E-state index >= 15 is 0 Å². The van der Waals surface area contributed by atoms with Crippen LogP contribution in [0.2, 0.25) is 0 Å². The van der Waals surface area contributed by atoms with Gasteiger partial charge >= 0.3 is 5.97 Å². The second kappa shape index (κ2) is 7.38. The molecule has 10 heteroatoms. The van der Waals surface area contributed by atoms with Gasteiger partial charge in [-0.1, -0.05) is 0 Å². The molecular formula is C19H20N6O4. The van der Waals surface area contributed by atoms with E-state index < -0.39 is 10.9 Å². The summed E-state index contributed by atoms with van der Waals surface area (Å²) in [5.74, 6) is 0.509. The molecule has 10 nitrogen and oxygen atoms in total. The Balaban J connectivity index is 1.47. The largest absolute Gasteiger partial charge is 0.480 e. The van der Waals surface area contributed by atoms with Gasteiger partial charge in [0, 0.05) is 37.9 Å². The number of benzene rings is 1. The zero-order chi connectivity index (χ0) is 20.5. The van der Waals surface area contributed by atoms with Crippen molar-refractivity contribution in [2.75, 3.05) is 36.0 Å². The van der Waals surface area contributed by atoms with Gasteiger partial charge < -0.3 is 19.5 Å². The summed E-state index contributed by atoms with van der Waals surface area (Å²) in [5, 5.41) is 19.9. The lowest BCUT2D eigenvalue weighted by molar-refractivity contribution is -0.385. The molecule has 150 valence electrons. The number of rotatable bonds is 5. The van der Waals surface area contributed by atoms with E-state index in [9.17, 15) is 14.9 Å². The molecular weight excluding hydrogens is 376 g/mol. The lowest BCUT2D eigenvalue weighted by Gasteiger charge is -2.36. The zero-order valence-corrected chi connectivity index (χ0v) is 15.9. The Bertz CT molecular complexity index is 1070. The summed E-state index contributed by atoms with van der Waals surface area (Å²) in [7, 11) is 0. The van der Waals surface area contributed by atoms with Gasteiger partial charge in [0.15, 0.2) is 0 Å². The van der Waals surface area contributed by atoms with Crippen LogP contribution in [0.25, 0.3) is 11.0 Å². The molecule has 0 spiro atoms. The minimum Gasteiger partial charge on any atom is -0.480 e. The number of aryl methyl sites for hydroxylation is 1. The van der Waals surface area contributed by atoms with Crippen molar-refractivity contribution in [3.05, 3.63) is 52.5 Å². The first kappa shape index (κ1) is 18.7. The quantitative estimate of drug-likeness (QED) is 0.514. The SMILES string of the molecule is Cc1nc2cc(N3CCN(c4ccc([N+](=O)[O-])cn4)CC3)ccc2n1CC(=O)O. The van der Waals surface area contributed by atoms with Crippen LogP contribution in [0.4, 0.5) is 17.2 Å². The number of aromatic nitrogens is 3. The van der Waals surface area contributed by atoms with Crippen LogP contribution in [0.5, 0.6) is 0 Å². The van der Waals surface area contributed by atoms with Crippen LogP contribution < -0.4 is 9.80 Å². The Morgan fingerprint density at radius 2 is 1.90 bits per heavy atom. The van der Waals surface area contributed by atoms with Crippen molar-refractivity contribution in [2.24, 2.45) is 0 Å². The normalized spacial score (nSPS) is 14.4. The molecule has 0 radical (unpaired) electrons. The third kappa shape index (κ3) is 3.68. The summed E-state index contributed by atoms with van der Waals surface area (Å²) >= 11 is 0. The third-order valence-electron chi connectivity index (χ3n) is 5.13. The number of hydrogen-bond acceptors (Lipinski definition) is 7. The number of anilines is 2. The van der Waals surface area contributed by atoms with Crippen molar-refractivity contribution in [3.63, 3.8) is 0 Å². The molecule has 2 aromatic heterocycles. The maximum atomic E-state index is 11.1. The van der Waals surface area contributed by atoms with E-state index in [-0.39, 0.29) is 12.2 Å². The predicted octanol–water partition coefficient (Wildman–Crippen LogP) is 2.06. The average molecular weight is 396 g/mol. The van der Waals surface area contributed by atoms with E-state index in [4.69, 9.17) is 5.11 Å². The molecule has 0 aliphatic carbocycles. The van der Waals surface area contributed by atoms with Crippen LogP contribution in [0, 0.1) is 17.0 Å². The summed E-state index contributed by atoms with van der Waals surface area (Å²) in [6.07, 6.45) is 1.28. The summed E-state index contributed by atoms with van der Waals surface area (Å²) in [5.41, 5.74) is 2.61. The second-order valence-electron chi connectivity index (χ2n) is 6.92. The summed E-state index contributed by atoms with van der Waals surface area (Å²) < 4.78 is 1.69. The number of aliphatic carboxylic acids is 1. The van der Waals surface area contributed by atoms with Crippen LogP contribution >= 0.6 is 0 Å². The van der Waals surface area contributed by atoms with E-state index in [0.717, 1.165) is 48.7 Å². The topological polar surface area (TPSA) is 118 Å². The molecule has 0 unspecified atom stereocenters. The number of pyridine rings is 1. The van der Waals surface area contributed by atoms with Crippen molar-refractivity contribution < 1.29 is 14.8 Å². The molecule has 1 saturated heterocycles. The van der Waals surface area contributed by atoms with Crippen LogP contribution in [0.15, 0.2) is 36.5 Å². The number of hydrogen-bond donors (Lipinski definition) is 1. The number of imidazole rings is 1. The maximum Gasteiger partial charge on any atom is 0.323 e. The molecule has 1 N–H and O–H groups in total. The number of carboxylic acids is 1. The van der Waals surface area contributed by atoms with E-state index in [0.29, 0.717) is 5.82 Å². The average Bonchev–Trinajstić information content (AvgIpc) is 3.02. The maximum absolute atomic E-state index is 11.1. The highest BCUT2D eigenvalue weighted by Gasteiger charge is 2.20. The second-order valence-corrected chi connectivity index (χ2v) is 6.92. The van der Waals surface area contributed by atoms with Crippen LogP contribution in [0.3, 0.4) is 0 Å². The first-order valence-corrected chi connectivity index (χ1v) is 9.21. The fourth-order valence-corrected chi connectivity index (χ4v) is 3.64. The molecule has 1 aromatic carbocycles. The Hall–Kier alpha value is -3.69. The third-order valence-corrected chi connectivity index (χ3v) is 5.13. The van der Waals surface area contributed by atoms with Gasteiger partial charge in [0.1, 0.15) is 24.4 Å². The summed E-state index contributed by atoms with van der Waals surface area (Å²) in [6.45, 7) is 4.74. The summed E-state index contributed by atoms with van der Waals surface area (Å²) in [4.78, 5) is 34.4. The highest BCUT2D eigenvalue weighted by molar-refractivity contribution is 5.82. The number of fused-ring (bicyclic) bond motifs is 1. The molecule has 0 atom stereocenters. The summed E-state index contributed by atoms with van der Waals surface area (Å²) in [6, 6.07) is 9.04. The van der Waals surface area contributed by atoms with Gasteiger partial charge in [-0.25, -0.2) is 9.97 Å². The standard InChI is InChI=1S/C19H20N6O4/c1-13-21-16-10-14(2-4-17(16)24(13)12-19(26)27)22-6-8-23(9-7-22)18-5-3-15(11-20-18)25(28)29/h2-5,10-11H,6-9,12H2,1H3,(H,26,27). The first-order chi connectivity index (χ1) is 13.9. The Kier molecular flexibility index (Phi) is 4.75. The Morgan fingerprint density at radius 3 is 2.52 bits per heavy atom. The molecule has 1 fully saturated rings. The highest BCUT2D eigenvalue weighted by atomic mass is 16.6. The molecule has 1 aliphatic heterocycles. The van der Waals surface area contributed by atoms with Crippen molar-refractivity contribution in [1.82, 2.24) is 14.5 Å². The first-order valence-electron chi connectivity index (χ1n) is 9.21. The number of carbonyl (C=O) groups is 1. The highest BCUT2D eigenvalue weighted by Crippen LogP contribution is 2.25. The number of carboxylic acid groups (broad SMARTS) is 1. The zero-order valence-electron chi connectivity index (χ0n) is 15.9. The molecule has 29 heavy (non-hydrogen) atoms. The number of piperazine rings is 1. The van der Waals surface area contributed by atoms with E-state index in [2.05, 4.69) is 19.8 Å². The molecule has 1 aliphatic rings. The van der Waals surface area contributed by atoms with Crippen molar-refractivity contribution >= 4 is 34.2 Å². The predicted molar refractivity (Wildman–Crippen MR) is 107 cm³/mol. The molecule has 4 rings (SSSR count). The minimum atomic E-state index is -0.896. The van der Waals surface area contributed by atoms with Gasteiger partial charge in [-0.05, 0) is 31.2 Å². The van der Waals surface area contributed by atoms with Gasteiger partial charge in [-0.15, -0.1) is 0 Å². The van der Waals surface area contributed by atoms with Crippen LogP contribution in [-0.2, 0) is 11.3 Å². The van der Waals surface area contributed by atoms with Gasteiger partial charge in [-0.2, -0.15) is 0 Å². The van der Waals surface area contributed by atoms with Gasteiger partial charge in [-0.3, -0.25) is 14.9 Å². The van der Waals surface area contributed by atoms with Gasteiger partial charge in [0.25, 0.3) is 5.69 Å². The lowest BCUT2D eigenvalue weighted by Crippen LogP contribution is -2.46.